The monoisotopic (exact) mass is 298 g/mol. The maximum absolute atomic E-state index is 5.85. The van der Waals surface area contributed by atoms with Gasteiger partial charge in [-0.25, -0.2) is 4.98 Å². The summed E-state index contributed by atoms with van der Waals surface area (Å²) in [4.78, 5) is 7.29. The maximum Gasteiger partial charge on any atom is 0.110 e. The lowest BCUT2D eigenvalue weighted by atomic mass is 9.75. The van der Waals surface area contributed by atoms with Crippen LogP contribution in [0.25, 0.3) is 0 Å². The second-order valence-electron chi connectivity index (χ2n) is 6.07. The van der Waals surface area contributed by atoms with Gasteiger partial charge < -0.3 is 0 Å². The van der Waals surface area contributed by atoms with E-state index in [9.17, 15) is 0 Å². The van der Waals surface area contributed by atoms with Crippen molar-refractivity contribution in [3.63, 3.8) is 0 Å². The van der Waals surface area contributed by atoms with E-state index < -0.39 is 0 Å². The number of thiazole rings is 1. The molecule has 2 fully saturated rings. The van der Waals surface area contributed by atoms with Crippen LogP contribution >= 0.6 is 22.9 Å². The van der Waals surface area contributed by atoms with E-state index in [4.69, 9.17) is 11.6 Å². The number of likely N-dealkylation sites (tertiary alicyclic amines) is 1. The second-order valence-corrected chi connectivity index (χ2v) is 7.23. The molecular formula is C15H23ClN2S. The molecule has 0 aromatic carbocycles. The lowest BCUT2D eigenvalue weighted by molar-refractivity contribution is 0.0615. The predicted molar refractivity (Wildman–Crippen MR) is 81.7 cm³/mol. The Morgan fingerprint density at radius 3 is 2.89 bits per heavy atom. The minimum atomic E-state index is 0.463. The summed E-state index contributed by atoms with van der Waals surface area (Å²) < 4.78 is 0. The Balaban J connectivity index is 1.65. The highest BCUT2D eigenvalue weighted by atomic mass is 35.5. The van der Waals surface area contributed by atoms with E-state index in [1.807, 2.05) is 0 Å². The summed E-state index contributed by atoms with van der Waals surface area (Å²) in [7, 11) is 0. The highest BCUT2D eigenvalue weighted by molar-refractivity contribution is 7.09. The van der Waals surface area contributed by atoms with Crippen LogP contribution in [-0.2, 0) is 5.88 Å². The number of hydrogen-bond donors (Lipinski definition) is 0. The molecule has 1 aliphatic heterocycles. The Bertz CT molecular complexity index is 420. The molecule has 0 amide bonds. The Morgan fingerprint density at radius 2 is 2.16 bits per heavy atom. The summed E-state index contributed by atoms with van der Waals surface area (Å²) in [5.41, 5.74) is 1.03. The van der Waals surface area contributed by atoms with Crippen LogP contribution in [0.15, 0.2) is 5.38 Å². The van der Waals surface area contributed by atoms with Crippen LogP contribution in [0.5, 0.6) is 0 Å². The standard InChI is InChI=1S/C15H23ClN2S/c1-11(15-17-14(8-16)10-19-15)18-7-6-12-4-2-3-5-13(12)9-18/h10-13H,2-9H2,1H3. The van der Waals surface area contributed by atoms with Crippen molar-refractivity contribution in [2.24, 2.45) is 11.8 Å². The first-order valence-corrected chi connectivity index (χ1v) is 8.93. The molecule has 1 aliphatic carbocycles. The fourth-order valence-electron chi connectivity index (χ4n) is 3.71. The van der Waals surface area contributed by atoms with Gasteiger partial charge in [0.2, 0.25) is 0 Å². The summed E-state index contributed by atoms with van der Waals surface area (Å²) in [6.45, 7) is 4.83. The first-order chi connectivity index (χ1) is 9.28. The van der Waals surface area contributed by atoms with Gasteiger partial charge in [-0.3, -0.25) is 4.90 Å². The number of alkyl halides is 1. The Morgan fingerprint density at radius 1 is 1.37 bits per heavy atom. The number of fused-ring (bicyclic) bond motifs is 1. The smallest absolute Gasteiger partial charge is 0.110 e. The molecule has 3 rings (SSSR count). The number of rotatable bonds is 3. The zero-order valence-corrected chi connectivity index (χ0v) is 13.2. The van der Waals surface area contributed by atoms with Gasteiger partial charge in [0.1, 0.15) is 5.01 Å². The second kappa shape index (κ2) is 6.11. The van der Waals surface area contributed by atoms with E-state index in [0.29, 0.717) is 11.9 Å². The van der Waals surface area contributed by atoms with E-state index in [2.05, 4.69) is 22.2 Å². The van der Waals surface area contributed by atoms with Crippen LogP contribution in [0.3, 0.4) is 0 Å². The predicted octanol–water partition coefficient (Wildman–Crippen LogP) is 4.46. The Hall–Kier alpha value is -0.120. The third-order valence-electron chi connectivity index (χ3n) is 4.93. The summed E-state index contributed by atoms with van der Waals surface area (Å²) >= 11 is 7.62. The van der Waals surface area contributed by atoms with Crippen LogP contribution in [0.1, 0.15) is 55.8 Å². The van der Waals surface area contributed by atoms with Crippen molar-refractivity contribution in [3.05, 3.63) is 16.1 Å². The number of halogens is 1. The molecule has 3 unspecified atom stereocenters. The summed E-state index contributed by atoms with van der Waals surface area (Å²) in [6, 6.07) is 0.463. The van der Waals surface area contributed by atoms with Gasteiger partial charge >= 0.3 is 0 Å². The fraction of sp³-hybridized carbons (Fsp3) is 0.800. The highest BCUT2D eigenvalue weighted by Gasteiger charge is 2.33. The van der Waals surface area contributed by atoms with E-state index in [1.165, 1.54) is 50.2 Å². The summed E-state index contributed by atoms with van der Waals surface area (Å²) in [5.74, 6) is 2.48. The van der Waals surface area contributed by atoms with E-state index in [1.54, 1.807) is 11.3 Å². The third-order valence-corrected chi connectivity index (χ3v) is 6.27. The molecule has 2 nitrogen and oxygen atoms in total. The molecule has 1 aromatic rings. The van der Waals surface area contributed by atoms with Gasteiger partial charge in [0.15, 0.2) is 0 Å². The quantitative estimate of drug-likeness (QED) is 0.766. The number of aromatic nitrogens is 1. The summed E-state index contributed by atoms with van der Waals surface area (Å²) in [6.07, 6.45) is 7.21. The number of piperidine rings is 1. The van der Waals surface area contributed by atoms with Crippen molar-refractivity contribution in [1.82, 2.24) is 9.88 Å². The van der Waals surface area contributed by atoms with Crippen LogP contribution in [0.4, 0.5) is 0 Å². The minimum Gasteiger partial charge on any atom is -0.294 e. The van der Waals surface area contributed by atoms with Gasteiger partial charge in [-0.15, -0.1) is 22.9 Å². The van der Waals surface area contributed by atoms with Gasteiger partial charge in [-0.1, -0.05) is 19.3 Å². The highest BCUT2D eigenvalue weighted by Crippen LogP contribution is 2.38. The van der Waals surface area contributed by atoms with Gasteiger partial charge in [-0.2, -0.15) is 0 Å². The molecule has 0 N–H and O–H groups in total. The van der Waals surface area contributed by atoms with E-state index in [-0.39, 0.29) is 0 Å². The molecule has 2 heterocycles. The van der Waals surface area contributed by atoms with Crippen molar-refractivity contribution in [2.45, 2.75) is 50.9 Å². The van der Waals surface area contributed by atoms with Gasteiger partial charge in [0.05, 0.1) is 17.6 Å². The number of nitrogens with zero attached hydrogens (tertiary/aromatic N) is 2. The average molecular weight is 299 g/mol. The summed E-state index contributed by atoms with van der Waals surface area (Å²) in [5, 5.41) is 3.34. The molecule has 0 bridgehead atoms. The van der Waals surface area contributed by atoms with Crippen molar-refractivity contribution in [1.29, 1.82) is 0 Å². The van der Waals surface area contributed by atoms with Gasteiger partial charge in [0.25, 0.3) is 0 Å². The van der Waals surface area contributed by atoms with Crippen molar-refractivity contribution in [2.75, 3.05) is 13.1 Å². The zero-order chi connectivity index (χ0) is 13.2. The van der Waals surface area contributed by atoms with Crippen molar-refractivity contribution >= 4 is 22.9 Å². The molecule has 3 atom stereocenters. The third kappa shape index (κ3) is 2.98. The van der Waals surface area contributed by atoms with Gasteiger partial charge in [0, 0.05) is 11.9 Å². The molecule has 19 heavy (non-hydrogen) atoms. The first kappa shape index (κ1) is 13.8. The topological polar surface area (TPSA) is 16.1 Å². The van der Waals surface area contributed by atoms with Crippen molar-refractivity contribution < 1.29 is 0 Å². The molecule has 1 aromatic heterocycles. The van der Waals surface area contributed by atoms with Crippen LogP contribution in [0.2, 0.25) is 0 Å². The average Bonchev–Trinajstić information content (AvgIpc) is 2.95. The molecule has 4 heteroatoms. The fourth-order valence-corrected chi connectivity index (χ4v) is 4.85. The van der Waals surface area contributed by atoms with Crippen LogP contribution in [0, 0.1) is 11.8 Å². The van der Waals surface area contributed by atoms with E-state index >= 15 is 0 Å². The minimum absolute atomic E-state index is 0.463. The SMILES string of the molecule is CC(c1nc(CCl)cs1)N1CCC2CCCCC2C1. The lowest BCUT2D eigenvalue weighted by Gasteiger charge is -2.43. The maximum atomic E-state index is 5.85. The van der Waals surface area contributed by atoms with E-state index in [0.717, 1.165) is 17.5 Å². The zero-order valence-electron chi connectivity index (χ0n) is 11.6. The first-order valence-electron chi connectivity index (χ1n) is 7.52. The van der Waals surface area contributed by atoms with Crippen molar-refractivity contribution in [3.8, 4) is 0 Å². The van der Waals surface area contributed by atoms with Crippen LogP contribution < -0.4 is 0 Å². The Labute approximate surface area is 125 Å². The normalized spacial score (nSPS) is 30.0. The molecule has 106 valence electrons. The molecular weight excluding hydrogens is 276 g/mol. The van der Waals surface area contributed by atoms with Crippen LogP contribution in [-0.4, -0.2) is 23.0 Å². The molecule has 0 spiro atoms. The number of hydrogen-bond acceptors (Lipinski definition) is 3. The largest absolute Gasteiger partial charge is 0.294 e. The van der Waals surface area contributed by atoms with Gasteiger partial charge in [-0.05, 0) is 38.1 Å². The molecule has 2 aliphatic rings. The molecule has 0 radical (unpaired) electrons. The Kier molecular flexibility index (Phi) is 4.45. The molecule has 1 saturated carbocycles. The lowest BCUT2D eigenvalue weighted by Crippen LogP contribution is -2.42. The molecule has 1 saturated heterocycles.